The van der Waals surface area contributed by atoms with Crippen LogP contribution in [0.2, 0.25) is 0 Å². The van der Waals surface area contributed by atoms with Crippen LogP contribution in [0.4, 0.5) is 0 Å². The van der Waals surface area contributed by atoms with Gasteiger partial charge in [0.25, 0.3) is 0 Å². The molecule has 0 radical (unpaired) electrons. The number of aryl methyl sites for hydroxylation is 1. The summed E-state index contributed by atoms with van der Waals surface area (Å²) in [5.41, 5.74) is 1.84. The van der Waals surface area contributed by atoms with Gasteiger partial charge in [-0.2, -0.15) is 0 Å². The van der Waals surface area contributed by atoms with E-state index in [2.05, 4.69) is 4.98 Å². The van der Waals surface area contributed by atoms with Crippen molar-refractivity contribution >= 4 is 34.4 Å². The van der Waals surface area contributed by atoms with E-state index in [1.807, 2.05) is 38.1 Å². The molecule has 0 bridgehead atoms. The second-order valence-electron chi connectivity index (χ2n) is 5.21. The highest BCUT2D eigenvalue weighted by atomic mass is 32.2. The van der Waals surface area contributed by atoms with Crippen molar-refractivity contribution in [1.29, 1.82) is 0 Å². The first-order chi connectivity index (χ1) is 11.5. The highest BCUT2D eigenvalue weighted by Crippen LogP contribution is 2.27. The first kappa shape index (κ1) is 18.3. The molecule has 0 N–H and O–H groups in total. The summed E-state index contributed by atoms with van der Waals surface area (Å²) in [6.07, 6.45) is -0.189. The van der Waals surface area contributed by atoms with E-state index in [0.29, 0.717) is 6.61 Å². The van der Waals surface area contributed by atoms with E-state index >= 15 is 0 Å². The number of esters is 1. The summed E-state index contributed by atoms with van der Waals surface area (Å²) in [7, 11) is 0. The van der Waals surface area contributed by atoms with Crippen molar-refractivity contribution in [1.82, 2.24) is 4.98 Å². The molecule has 0 aliphatic carbocycles. The van der Waals surface area contributed by atoms with Crippen LogP contribution in [0.1, 0.15) is 25.8 Å². The van der Waals surface area contributed by atoms with Gasteiger partial charge in [-0.05, 0) is 50.6 Å². The lowest BCUT2D eigenvalue weighted by molar-refractivity contribution is -0.145. The zero-order valence-corrected chi connectivity index (χ0v) is 14.9. The molecule has 0 saturated carbocycles. The normalized spacial score (nSPS) is 10.6. The summed E-state index contributed by atoms with van der Waals surface area (Å²) in [5.74, 6) is 0.382. The molecule has 0 aliphatic heterocycles. The molecule has 0 aliphatic rings. The van der Waals surface area contributed by atoms with Gasteiger partial charge in [0, 0.05) is 5.39 Å². The van der Waals surface area contributed by atoms with Crippen LogP contribution in [0.15, 0.2) is 29.3 Å². The molecule has 0 amide bonds. The number of pyridine rings is 1. The summed E-state index contributed by atoms with van der Waals surface area (Å²) in [6, 6.07) is 7.78. The summed E-state index contributed by atoms with van der Waals surface area (Å²) in [5, 5.41) is 1.80. The van der Waals surface area contributed by atoms with Crippen LogP contribution in [0.3, 0.4) is 0 Å². The van der Waals surface area contributed by atoms with Gasteiger partial charge < -0.3 is 9.47 Å². The van der Waals surface area contributed by atoms with Gasteiger partial charge in [0.1, 0.15) is 17.2 Å². The van der Waals surface area contributed by atoms with Crippen LogP contribution >= 0.6 is 11.8 Å². The Morgan fingerprint density at radius 2 is 1.96 bits per heavy atom. The summed E-state index contributed by atoms with van der Waals surface area (Å²) in [6.45, 7) is 6.53. The minimum Gasteiger partial charge on any atom is -0.494 e. The van der Waals surface area contributed by atoms with Crippen molar-refractivity contribution in [2.75, 3.05) is 19.0 Å². The van der Waals surface area contributed by atoms with E-state index in [4.69, 9.17) is 9.47 Å². The third-order valence-electron chi connectivity index (χ3n) is 3.26. The van der Waals surface area contributed by atoms with Crippen LogP contribution in [0, 0.1) is 6.92 Å². The Bertz CT molecular complexity index is 745. The van der Waals surface area contributed by atoms with E-state index in [1.165, 1.54) is 11.8 Å². The van der Waals surface area contributed by atoms with Crippen molar-refractivity contribution in [3.63, 3.8) is 0 Å². The van der Waals surface area contributed by atoms with Gasteiger partial charge in [0.05, 0.1) is 24.5 Å². The fourth-order valence-corrected chi connectivity index (χ4v) is 3.07. The second kappa shape index (κ2) is 8.68. The number of thioether (sulfide) groups is 1. The fraction of sp³-hybridized carbons (Fsp3) is 0.389. The average Bonchev–Trinajstić information content (AvgIpc) is 2.53. The van der Waals surface area contributed by atoms with Gasteiger partial charge in [-0.25, -0.2) is 4.98 Å². The Kier molecular flexibility index (Phi) is 6.61. The van der Waals surface area contributed by atoms with Gasteiger partial charge in [-0.15, -0.1) is 0 Å². The van der Waals surface area contributed by atoms with Crippen molar-refractivity contribution in [3.05, 3.63) is 29.8 Å². The number of carbonyl (C=O) groups excluding carboxylic acids is 2. The van der Waals surface area contributed by atoms with E-state index in [-0.39, 0.29) is 24.6 Å². The molecule has 0 unspecified atom stereocenters. The summed E-state index contributed by atoms with van der Waals surface area (Å²) in [4.78, 5) is 27.7. The Hall–Kier alpha value is -2.08. The summed E-state index contributed by atoms with van der Waals surface area (Å²) >= 11 is 1.34. The molecule has 128 valence electrons. The van der Waals surface area contributed by atoms with Crippen molar-refractivity contribution in [3.8, 4) is 5.75 Å². The molecule has 24 heavy (non-hydrogen) atoms. The number of hydrogen-bond donors (Lipinski definition) is 0. The Labute approximate surface area is 145 Å². The minimum atomic E-state index is -0.477. The molecule has 2 aromatic rings. The van der Waals surface area contributed by atoms with Crippen LogP contribution in [0.5, 0.6) is 5.75 Å². The number of aromatic nitrogens is 1. The third-order valence-corrected chi connectivity index (χ3v) is 4.41. The van der Waals surface area contributed by atoms with E-state index in [9.17, 15) is 9.59 Å². The predicted molar refractivity (Wildman–Crippen MR) is 94.6 cm³/mol. The number of hydrogen-bond acceptors (Lipinski definition) is 6. The number of ether oxygens (including phenoxy) is 2. The molecule has 2 rings (SSSR count). The van der Waals surface area contributed by atoms with Gasteiger partial charge >= 0.3 is 5.97 Å². The number of Topliss-reactive ketones (excluding diaryl/α,β-unsaturated/α-hetero) is 1. The Morgan fingerprint density at radius 1 is 1.17 bits per heavy atom. The zero-order valence-electron chi connectivity index (χ0n) is 14.1. The highest BCUT2D eigenvalue weighted by Gasteiger charge is 2.12. The molecule has 0 atom stereocenters. The Balaban J connectivity index is 2.06. The van der Waals surface area contributed by atoms with E-state index in [0.717, 1.165) is 27.2 Å². The molecule has 1 aromatic carbocycles. The number of ketones is 1. The molecule has 6 heteroatoms. The second-order valence-corrected chi connectivity index (χ2v) is 6.17. The molecule has 1 heterocycles. The van der Waals surface area contributed by atoms with Crippen molar-refractivity contribution < 1.29 is 19.1 Å². The van der Waals surface area contributed by atoms with Crippen molar-refractivity contribution in [2.24, 2.45) is 0 Å². The van der Waals surface area contributed by atoms with Gasteiger partial charge in [0.2, 0.25) is 0 Å². The molecular formula is C18H21NO4S. The highest BCUT2D eigenvalue weighted by molar-refractivity contribution is 8.00. The fourth-order valence-electron chi connectivity index (χ4n) is 2.22. The molecule has 1 aromatic heterocycles. The number of benzene rings is 1. The lowest BCUT2D eigenvalue weighted by Crippen LogP contribution is -2.12. The monoisotopic (exact) mass is 347 g/mol. The maximum atomic E-state index is 11.8. The van der Waals surface area contributed by atoms with E-state index in [1.54, 1.807) is 6.92 Å². The Morgan fingerprint density at radius 3 is 2.67 bits per heavy atom. The zero-order chi connectivity index (χ0) is 17.5. The third kappa shape index (κ3) is 4.96. The largest absolute Gasteiger partial charge is 0.494 e. The van der Waals surface area contributed by atoms with E-state index < -0.39 is 5.97 Å². The molecule has 0 spiro atoms. The van der Waals surface area contributed by atoms with Crippen LogP contribution in [-0.4, -0.2) is 35.7 Å². The SMILES string of the molecule is CCOC(=O)CC(=O)CSc1nc2ccc(OCC)cc2cc1C. The predicted octanol–water partition coefficient (Wildman–Crippen LogP) is 3.56. The molecule has 5 nitrogen and oxygen atoms in total. The average molecular weight is 347 g/mol. The number of rotatable bonds is 8. The number of carbonyl (C=O) groups is 2. The number of nitrogens with zero attached hydrogens (tertiary/aromatic N) is 1. The lowest BCUT2D eigenvalue weighted by Gasteiger charge is -2.08. The summed E-state index contributed by atoms with van der Waals surface area (Å²) < 4.78 is 10.3. The maximum absolute atomic E-state index is 11.8. The molecule has 0 saturated heterocycles. The first-order valence-electron chi connectivity index (χ1n) is 7.87. The quantitative estimate of drug-likeness (QED) is 0.413. The smallest absolute Gasteiger partial charge is 0.313 e. The topological polar surface area (TPSA) is 65.5 Å². The van der Waals surface area contributed by atoms with Gasteiger partial charge in [-0.3, -0.25) is 9.59 Å². The minimum absolute atomic E-state index is 0.161. The lowest BCUT2D eigenvalue weighted by atomic mass is 10.1. The van der Waals surface area contributed by atoms with Crippen LogP contribution < -0.4 is 4.74 Å². The van der Waals surface area contributed by atoms with Crippen LogP contribution in [-0.2, 0) is 14.3 Å². The van der Waals surface area contributed by atoms with Gasteiger partial charge in [0.15, 0.2) is 5.78 Å². The number of fused-ring (bicyclic) bond motifs is 1. The van der Waals surface area contributed by atoms with Crippen LogP contribution in [0.25, 0.3) is 10.9 Å². The van der Waals surface area contributed by atoms with Gasteiger partial charge in [-0.1, -0.05) is 11.8 Å². The first-order valence-corrected chi connectivity index (χ1v) is 8.86. The molecule has 0 fully saturated rings. The van der Waals surface area contributed by atoms with Crippen molar-refractivity contribution in [2.45, 2.75) is 32.2 Å². The standard InChI is InChI=1S/C18H21NO4S/c1-4-22-15-6-7-16-13(9-15)8-12(3)18(19-16)24-11-14(20)10-17(21)23-5-2/h6-9H,4-5,10-11H2,1-3H3. The molecular weight excluding hydrogens is 326 g/mol. The maximum Gasteiger partial charge on any atom is 0.313 e.